The fraction of sp³-hybridized carbons (Fsp3) is 0.556. The molecule has 1 aromatic rings. The summed E-state index contributed by atoms with van der Waals surface area (Å²) in [4.78, 5) is 2.24. The molecule has 1 aromatic carbocycles. The van der Waals surface area contributed by atoms with Crippen molar-refractivity contribution in [2.45, 2.75) is 26.0 Å². The van der Waals surface area contributed by atoms with E-state index in [-0.39, 0.29) is 0 Å². The predicted molar refractivity (Wildman–Crippen MR) is 90.0 cm³/mol. The van der Waals surface area contributed by atoms with Crippen molar-refractivity contribution in [3.05, 3.63) is 48.0 Å². The van der Waals surface area contributed by atoms with Crippen molar-refractivity contribution in [3.63, 3.8) is 0 Å². The average molecular weight is 307 g/mol. The number of aliphatic hydroxyl groups excluding tert-OH is 1. The van der Waals surface area contributed by atoms with E-state index >= 15 is 0 Å². The first-order valence-corrected chi connectivity index (χ1v) is 7.79. The van der Waals surface area contributed by atoms with E-state index in [1.807, 2.05) is 0 Å². The third kappa shape index (κ3) is 8.29. The van der Waals surface area contributed by atoms with Gasteiger partial charge in [0.25, 0.3) is 0 Å². The number of methoxy groups -OCH3 is 1. The molecule has 0 unspecified atom stereocenters. The Balaban J connectivity index is 2.50. The largest absolute Gasteiger partial charge is 0.389 e. The zero-order chi connectivity index (χ0) is 16.2. The molecule has 0 radical (unpaired) electrons. The number of aliphatic hydroxyl groups is 1. The van der Waals surface area contributed by atoms with Crippen molar-refractivity contribution in [3.8, 4) is 0 Å². The zero-order valence-corrected chi connectivity index (χ0v) is 13.8. The molecular formula is C18H29NO3. The van der Waals surface area contributed by atoms with Crippen LogP contribution in [0.1, 0.15) is 17.5 Å². The van der Waals surface area contributed by atoms with Gasteiger partial charge in [0.05, 0.1) is 19.3 Å². The van der Waals surface area contributed by atoms with Crippen LogP contribution in [0.5, 0.6) is 0 Å². The maximum absolute atomic E-state index is 10.1. The maximum atomic E-state index is 10.1. The number of hydrogen-bond acceptors (Lipinski definition) is 4. The minimum absolute atomic E-state index is 0.334. The lowest BCUT2D eigenvalue weighted by molar-refractivity contribution is 0.0229. The van der Waals surface area contributed by atoms with Gasteiger partial charge < -0.3 is 14.6 Å². The van der Waals surface area contributed by atoms with Gasteiger partial charge in [0.1, 0.15) is 0 Å². The fourth-order valence-electron chi connectivity index (χ4n) is 2.26. The first kappa shape index (κ1) is 18.8. The van der Waals surface area contributed by atoms with E-state index in [1.54, 1.807) is 13.2 Å². The quantitative estimate of drug-likeness (QED) is 0.475. The molecule has 0 aliphatic rings. The van der Waals surface area contributed by atoms with Gasteiger partial charge in [0.2, 0.25) is 0 Å². The summed E-state index contributed by atoms with van der Waals surface area (Å²) >= 11 is 0. The molecule has 0 aliphatic heterocycles. The summed E-state index contributed by atoms with van der Waals surface area (Å²) in [5, 5.41) is 10.1. The highest BCUT2D eigenvalue weighted by molar-refractivity contribution is 5.21. The van der Waals surface area contributed by atoms with E-state index in [0.717, 1.165) is 26.1 Å². The van der Waals surface area contributed by atoms with E-state index in [4.69, 9.17) is 9.47 Å². The Hall–Kier alpha value is -1.20. The van der Waals surface area contributed by atoms with Crippen LogP contribution in [0.15, 0.2) is 36.9 Å². The van der Waals surface area contributed by atoms with Crippen LogP contribution in [0.2, 0.25) is 0 Å². The van der Waals surface area contributed by atoms with E-state index in [9.17, 15) is 5.11 Å². The second kappa shape index (κ2) is 11.4. The summed E-state index contributed by atoms with van der Waals surface area (Å²) in [6.45, 7) is 9.52. The number of ether oxygens (including phenoxy) is 2. The molecular weight excluding hydrogens is 278 g/mol. The molecule has 0 saturated carbocycles. The Morgan fingerprint density at radius 1 is 1.32 bits per heavy atom. The molecule has 0 amide bonds. The second-order valence-electron chi connectivity index (χ2n) is 5.55. The summed E-state index contributed by atoms with van der Waals surface area (Å²) < 4.78 is 10.4. The van der Waals surface area contributed by atoms with Gasteiger partial charge in [-0.05, 0) is 18.9 Å². The van der Waals surface area contributed by atoms with Crippen LogP contribution in [0.3, 0.4) is 0 Å². The molecule has 0 aliphatic carbocycles. The molecule has 0 aromatic heterocycles. The number of benzene rings is 1. The van der Waals surface area contributed by atoms with Crippen LogP contribution in [-0.2, 0) is 16.0 Å². The summed E-state index contributed by atoms with van der Waals surface area (Å²) in [5.74, 6) is 0. The molecule has 124 valence electrons. The first-order valence-electron chi connectivity index (χ1n) is 7.79. The molecule has 0 bridgehead atoms. The van der Waals surface area contributed by atoms with Crippen molar-refractivity contribution in [2.24, 2.45) is 0 Å². The van der Waals surface area contributed by atoms with E-state index < -0.39 is 6.10 Å². The van der Waals surface area contributed by atoms with Crippen molar-refractivity contribution in [2.75, 3.05) is 40.0 Å². The number of hydrogen-bond donors (Lipinski definition) is 1. The molecule has 1 rings (SSSR count). The van der Waals surface area contributed by atoms with Crippen LogP contribution < -0.4 is 0 Å². The molecule has 4 heteroatoms. The minimum atomic E-state index is -0.493. The minimum Gasteiger partial charge on any atom is -0.389 e. The van der Waals surface area contributed by atoms with Crippen LogP contribution in [0.4, 0.5) is 0 Å². The van der Waals surface area contributed by atoms with Gasteiger partial charge in [-0.25, -0.2) is 0 Å². The van der Waals surface area contributed by atoms with E-state index in [2.05, 4.69) is 42.7 Å². The Morgan fingerprint density at radius 3 is 2.68 bits per heavy atom. The standard InChI is InChI=1S/C18H29NO3/c1-4-11-22-15-18(20)14-19(10-5-12-21-3)13-17-8-6-16(2)7-9-17/h4,6-9,18,20H,1,5,10-15H2,2-3H3/t18-/m1/s1. The lowest BCUT2D eigenvalue weighted by Crippen LogP contribution is -2.35. The van der Waals surface area contributed by atoms with E-state index in [1.165, 1.54) is 11.1 Å². The van der Waals surface area contributed by atoms with Gasteiger partial charge in [0.15, 0.2) is 0 Å². The summed E-state index contributed by atoms with van der Waals surface area (Å²) in [6.07, 6.45) is 2.14. The van der Waals surface area contributed by atoms with Crippen LogP contribution in [0, 0.1) is 6.92 Å². The fourth-order valence-corrected chi connectivity index (χ4v) is 2.26. The molecule has 1 N–H and O–H groups in total. The van der Waals surface area contributed by atoms with Gasteiger partial charge >= 0.3 is 0 Å². The lowest BCUT2D eigenvalue weighted by Gasteiger charge is -2.25. The molecule has 0 saturated heterocycles. The molecule has 0 spiro atoms. The smallest absolute Gasteiger partial charge is 0.0900 e. The van der Waals surface area contributed by atoms with Gasteiger partial charge in [-0.2, -0.15) is 0 Å². The average Bonchev–Trinajstić information content (AvgIpc) is 2.50. The number of aryl methyl sites for hydroxylation is 1. The summed E-state index contributed by atoms with van der Waals surface area (Å²) in [7, 11) is 1.71. The first-order chi connectivity index (χ1) is 10.7. The normalized spacial score (nSPS) is 12.5. The topological polar surface area (TPSA) is 41.9 Å². The number of nitrogens with zero attached hydrogens (tertiary/aromatic N) is 1. The third-order valence-electron chi connectivity index (χ3n) is 3.36. The Labute approximate surface area is 134 Å². The maximum Gasteiger partial charge on any atom is 0.0900 e. The molecule has 4 nitrogen and oxygen atoms in total. The SMILES string of the molecule is C=CCOC[C@H](O)CN(CCCOC)Cc1ccc(C)cc1. The monoisotopic (exact) mass is 307 g/mol. The Bertz CT molecular complexity index is 405. The van der Waals surface area contributed by atoms with Crippen molar-refractivity contribution in [1.29, 1.82) is 0 Å². The van der Waals surface area contributed by atoms with E-state index in [0.29, 0.717) is 19.8 Å². The van der Waals surface area contributed by atoms with Gasteiger partial charge in [-0.1, -0.05) is 35.9 Å². The summed E-state index contributed by atoms with van der Waals surface area (Å²) in [6, 6.07) is 8.51. The highest BCUT2D eigenvalue weighted by atomic mass is 16.5. The summed E-state index contributed by atoms with van der Waals surface area (Å²) in [5.41, 5.74) is 2.51. The van der Waals surface area contributed by atoms with Crippen molar-refractivity contribution in [1.82, 2.24) is 4.90 Å². The Morgan fingerprint density at radius 2 is 2.05 bits per heavy atom. The van der Waals surface area contributed by atoms with Crippen LogP contribution in [-0.4, -0.2) is 56.1 Å². The molecule has 0 heterocycles. The zero-order valence-electron chi connectivity index (χ0n) is 13.8. The highest BCUT2D eigenvalue weighted by Gasteiger charge is 2.12. The second-order valence-corrected chi connectivity index (χ2v) is 5.55. The van der Waals surface area contributed by atoms with Gasteiger partial charge in [-0.15, -0.1) is 6.58 Å². The number of rotatable bonds is 12. The van der Waals surface area contributed by atoms with Crippen LogP contribution >= 0.6 is 0 Å². The predicted octanol–water partition coefficient (Wildman–Crippen LogP) is 2.40. The Kier molecular flexibility index (Phi) is 9.75. The van der Waals surface area contributed by atoms with Gasteiger partial charge in [-0.3, -0.25) is 4.90 Å². The van der Waals surface area contributed by atoms with Crippen molar-refractivity contribution < 1.29 is 14.6 Å². The third-order valence-corrected chi connectivity index (χ3v) is 3.36. The lowest BCUT2D eigenvalue weighted by atomic mass is 10.1. The molecule has 22 heavy (non-hydrogen) atoms. The van der Waals surface area contributed by atoms with Gasteiger partial charge in [0, 0.05) is 33.4 Å². The molecule has 1 atom stereocenters. The molecule has 0 fully saturated rings. The highest BCUT2D eigenvalue weighted by Crippen LogP contribution is 2.08. The van der Waals surface area contributed by atoms with Crippen molar-refractivity contribution >= 4 is 0 Å². The van der Waals surface area contributed by atoms with Crippen LogP contribution in [0.25, 0.3) is 0 Å².